The molecule has 0 aliphatic carbocycles. The van der Waals surface area contributed by atoms with Crippen molar-refractivity contribution in [3.63, 3.8) is 0 Å². The maximum atomic E-state index is 13.0. The molecule has 2 aromatic heterocycles. The predicted molar refractivity (Wildman–Crippen MR) is 120 cm³/mol. The number of para-hydroxylation sites is 1. The van der Waals surface area contributed by atoms with Crippen molar-refractivity contribution in [2.24, 2.45) is 5.41 Å². The van der Waals surface area contributed by atoms with Gasteiger partial charge in [0.15, 0.2) is 18.1 Å². The van der Waals surface area contributed by atoms with Crippen molar-refractivity contribution >= 4 is 27.2 Å². The second-order valence-electron chi connectivity index (χ2n) is 8.63. The molecular weight excluding hydrogens is 452 g/mol. The minimum Gasteiger partial charge on any atom is -0.457 e. The van der Waals surface area contributed by atoms with Gasteiger partial charge in [-0.1, -0.05) is 18.2 Å². The zero-order valence-electron chi connectivity index (χ0n) is 19.3. The summed E-state index contributed by atoms with van der Waals surface area (Å²) in [4.78, 5) is 25.6. The summed E-state index contributed by atoms with van der Waals surface area (Å²) in [6.45, 7) is 4.50. The Morgan fingerprint density at radius 3 is 2.52 bits per heavy atom. The maximum absolute atomic E-state index is 13.0. The molecule has 10 nitrogen and oxygen atoms in total. The molecule has 1 aromatic carbocycles. The first-order chi connectivity index (χ1) is 15.4. The number of nitrogens with zero attached hydrogens (tertiary/aromatic N) is 2. The molecule has 0 radical (unpaired) electrons. The molecule has 0 unspecified atom stereocenters. The van der Waals surface area contributed by atoms with Gasteiger partial charge >= 0.3 is 22.1 Å². The Hall–Kier alpha value is -2.89. The molecule has 0 aliphatic heterocycles. The molecule has 0 atom stereocenters. The first-order valence-corrected chi connectivity index (χ1v) is 11.7. The number of aryl methyl sites for hydroxylation is 1. The number of fused-ring (bicyclic) bond motifs is 1. The fourth-order valence-electron chi connectivity index (χ4n) is 3.12. The third-order valence-corrected chi connectivity index (χ3v) is 6.32. The Morgan fingerprint density at radius 1 is 1.18 bits per heavy atom. The van der Waals surface area contributed by atoms with E-state index in [1.165, 1.54) is 20.8 Å². The van der Waals surface area contributed by atoms with Crippen molar-refractivity contribution in [3.8, 4) is 0 Å². The Kier molecular flexibility index (Phi) is 7.15. The highest BCUT2D eigenvalue weighted by molar-refractivity contribution is 7.85. The number of carbonyl (C=O) groups excluding carboxylic acids is 1. The fraction of sp³-hybridized carbons (Fsp3) is 0.455. The van der Waals surface area contributed by atoms with Crippen LogP contribution in [0.2, 0.25) is 0 Å². The van der Waals surface area contributed by atoms with Crippen molar-refractivity contribution in [2.45, 2.75) is 33.8 Å². The third kappa shape index (κ3) is 5.73. The zero-order chi connectivity index (χ0) is 24.4. The SMILES string of the molecule is Cc1oc(=O)oc1COC(=O)C(C)(C)COS(=O)(=O)n1cc(CCN(C)C)c2ccccc21. The lowest BCUT2D eigenvalue weighted by Crippen LogP contribution is -2.33. The molecule has 3 rings (SSSR count). The Labute approximate surface area is 191 Å². The van der Waals surface area contributed by atoms with E-state index in [-0.39, 0.29) is 18.1 Å². The van der Waals surface area contributed by atoms with Crippen LogP contribution in [-0.2, 0) is 37.0 Å². The molecule has 0 saturated heterocycles. The van der Waals surface area contributed by atoms with E-state index in [2.05, 4.69) is 0 Å². The van der Waals surface area contributed by atoms with E-state index in [0.29, 0.717) is 11.9 Å². The molecule has 11 heteroatoms. The molecule has 0 amide bonds. The van der Waals surface area contributed by atoms with E-state index in [0.717, 1.165) is 21.5 Å². The zero-order valence-corrected chi connectivity index (χ0v) is 20.1. The first kappa shape index (κ1) is 24.7. The highest BCUT2D eigenvalue weighted by atomic mass is 32.2. The summed E-state index contributed by atoms with van der Waals surface area (Å²) < 4.78 is 47.1. The van der Waals surface area contributed by atoms with Gasteiger partial charge in [0.2, 0.25) is 0 Å². The van der Waals surface area contributed by atoms with Crippen LogP contribution >= 0.6 is 0 Å². The summed E-state index contributed by atoms with van der Waals surface area (Å²) in [6, 6.07) is 7.17. The van der Waals surface area contributed by atoms with Crippen LogP contribution in [0.25, 0.3) is 10.9 Å². The average Bonchev–Trinajstić information content (AvgIpc) is 3.28. The summed E-state index contributed by atoms with van der Waals surface area (Å²) >= 11 is 0. The summed E-state index contributed by atoms with van der Waals surface area (Å²) in [5.74, 6) is -1.32. The van der Waals surface area contributed by atoms with E-state index in [1.807, 2.05) is 31.1 Å². The minimum absolute atomic E-state index is 0.0850. The lowest BCUT2D eigenvalue weighted by atomic mass is 9.95. The number of rotatable bonds is 10. The van der Waals surface area contributed by atoms with Crippen molar-refractivity contribution in [3.05, 3.63) is 58.2 Å². The Bertz CT molecular complexity index is 1300. The van der Waals surface area contributed by atoms with Crippen LogP contribution < -0.4 is 5.82 Å². The molecule has 0 spiro atoms. The van der Waals surface area contributed by atoms with Gasteiger partial charge in [-0.25, -0.2) is 8.77 Å². The lowest BCUT2D eigenvalue weighted by molar-refractivity contribution is -0.157. The molecule has 0 bridgehead atoms. The monoisotopic (exact) mass is 480 g/mol. The molecule has 0 fully saturated rings. The van der Waals surface area contributed by atoms with Crippen molar-refractivity contribution in [1.82, 2.24) is 8.87 Å². The van der Waals surface area contributed by atoms with Gasteiger partial charge in [-0.15, -0.1) is 0 Å². The summed E-state index contributed by atoms with van der Waals surface area (Å²) in [5, 5.41) is 0.821. The van der Waals surface area contributed by atoms with Crippen LogP contribution in [0, 0.1) is 12.3 Å². The van der Waals surface area contributed by atoms with Crippen LogP contribution in [0.1, 0.15) is 30.9 Å². The topological polar surface area (TPSA) is 121 Å². The van der Waals surface area contributed by atoms with Crippen LogP contribution in [-0.4, -0.2) is 50.5 Å². The van der Waals surface area contributed by atoms with Crippen LogP contribution in [0.15, 0.2) is 44.1 Å². The molecule has 33 heavy (non-hydrogen) atoms. The second kappa shape index (κ2) is 9.54. The summed E-state index contributed by atoms with van der Waals surface area (Å²) in [6.07, 6.45) is 2.22. The van der Waals surface area contributed by atoms with E-state index >= 15 is 0 Å². The molecule has 0 saturated carbocycles. The van der Waals surface area contributed by atoms with Gasteiger partial charge in [0.05, 0.1) is 17.5 Å². The van der Waals surface area contributed by atoms with Crippen molar-refractivity contribution in [1.29, 1.82) is 0 Å². The quantitative estimate of drug-likeness (QED) is 0.403. The summed E-state index contributed by atoms with van der Waals surface area (Å²) in [5.41, 5.74) is 0.0843. The Morgan fingerprint density at radius 2 is 1.88 bits per heavy atom. The highest BCUT2D eigenvalue weighted by Crippen LogP contribution is 2.26. The van der Waals surface area contributed by atoms with Gasteiger partial charge in [-0.3, -0.25) is 8.98 Å². The Balaban J connectivity index is 1.73. The molecule has 0 aliphatic rings. The van der Waals surface area contributed by atoms with Crippen LogP contribution in [0.3, 0.4) is 0 Å². The number of likely N-dealkylation sites (N-methyl/N-ethyl adjacent to an activating group) is 1. The number of carbonyl (C=O) groups is 1. The number of ether oxygens (including phenoxy) is 1. The summed E-state index contributed by atoms with van der Waals surface area (Å²) in [7, 11) is -0.329. The smallest absolute Gasteiger partial charge is 0.457 e. The standard InChI is InChI=1S/C22H28N2O8S/c1-15-19(32-21(26)31-15)13-29-20(25)22(2,3)14-30-33(27,28)24-12-16(10-11-23(4)5)17-8-6-7-9-18(17)24/h6-9,12H,10-11,13-14H2,1-5H3. The van der Waals surface area contributed by atoms with Gasteiger partial charge in [-0.05, 0) is 52.9 Å². The average molecular weight is 481 g/mol. The van der Waals surface area contributed by atoms with Gasteiger partial charge in [0.25, 0.3) is 0 Å². The van der Waals surface area contributed by atoms with Gasteiger partial charge < -0.3 is 18.5 Å². The second-order valence-corrected chi connectivity index (χ2v) is 10.1. The molecule has 0 N–H and O–H groups in total. The number of aromatic nitrogens is 1. The molecule has 180 valence electrons. The minimum atomic E-state index is -4.22. The largest absolute Gasteiger partial charge is 0.519 e. The predicted octanol–water partition coefficient (Wildman–Crippen LogP) is 2.48. The molecule has 2 heterocycles. The number of hydrogen-bond donors (Lipinski definition) is 0. The van der Waals surface area contributed by atoms with E-state index in [4.69, 9.17) is 17.8 Å². The lowest BCUT2D eigenvalue weighted by Gasteiger charge is -2.22. The third-order valence-electron chi connectivity index (χ3n) is 5.12. The van der Waals surface area contributed by atoms with Crippen molar-refractivity contribution in [2.75, 3.05) is 27.2 Å². The van der Waals surface area contributed by atoms with Crippen LogP contribution in [0.5, 0.6) is 0 Å². The number of esters is 1. The van der Waals surface area contributed by atoms with E-state index < -0.39 is 34.1 Å². The van der Waals surface area contributed by atoms with E-state index in [1.54, 1.807) is 18.3 Å². The fourth-order valence-corrected chi connectivity index (χ4v) is 4.33. The number of benzene rings is 1. The van der Waals surface area contributed by atoms with Crippen LogP contribution in [0.4, 0.5) is 0 Å². The first-order valence-electron chi connectivity index (χ1n) is 10.3. The molecular formula is C22H28N2O8S. The van der Waals surface area contributed by atoms with Gasteiger partial charge in [0, 0.05) is 18.1 Å². The number of hydrogen-bond acceptors (Lipinski definition) is 9. The van der Waals surface area contributed by atoms with Crippen molar-refractivity contribution < 1.29 is 31.0 Å². The normalized spacial score (nSPS) is 12.5. The van der Waals surface area contributed by atoms with Gasteiger partial charge in [0.1, 0.15) is 0 Å². The molecule has 3 aromatic rings. The van der Waals surface area contributed by atoms with E-state index in [9.17, 15) is 18.0 Å². The maximum Gasteiger partial charge on any atom is 0.519 e. The highest BCUT2D eigenvalue weighted by Gasteiger charge is 2.33. The van der Waals surface area contributed by atoms with Gasteiger partial charge in [-0.2, -0.15) is 8.42 Å².